The van der Waals surface area contributed by atoms with Gasteiger partial charge < -0.3 is 15.4 Å². The van der Waals surface area contributed by atoms with Gasteiger partial charge in [0.05, 0.1) is 6.10 Å². The Bertz CT molecular complexity index is 380. The molecule has 0 amide bonds. The molecular weight excluding hydrogens is 250 g/mol. The minimum Gasteiger partial charge on any atom is -0.378 e. The molecule has 2 N–H and O–H groups in total. The van der Waals surface area contributed by atoms with Crippen LogP contribution in [-0.4, -0.2) is 37.8 Å². The Morgan fingerprint density at radius 2 is 2.15 bits per heavy atom. The van der Waals surface area contributed by atoms with Crippen LogP contribution in [0.25, 0.3) is 0 Å². The maximum atomic E-state index is 5.94. The first-order valence-corrected chi connectivity index (χ1v) is 7.86. The fourth-order valence-corrected chi connectivity index (χ4v) is 3.70. The summed E-state index contributed by atoms with van der Waals surface area (Å²) in [7, 11) is 0. The van der Waals surface area contributed by atoms with E-state index in [1.54, 1.807) is 0 Å². The third-order valence-corrected chi connectivity index (χ3v) is 4.67. The average Bonchev–Trinajstić information content (AvgIpc) is 2.96. The molecule has 0 radical (unpaired) electrons. The van der Waals surface area contributed by atoms with Gasteiger partial charge in [-0.1, -0.05) is 18.8 Å². The summed E-state index contributed by atoms with van der Waals surface area (Å²) in [5.41, 5.74) is 0.322. The zero-order valence-electron chi connectivity index (χ0n) is 12.7. The van der Waals surface area contributed by atoms with E-state index >= 15 is 0 Å². The van der Waals surface area contributed by atoms with Gasteiger partial charge in [-0.15, -0.1) is 6.42 Å². The molecule has 0 aromatic rings. The number of guanidine groups is 1. The lowest BCUT2D eigenvalue weighted by Gasteiger charge is -2.54. The summed E-state index contributed by atoms with van der Waals surface area (Å²) in [4.78, 5) is 4.40. The van der Waals surface area contributed by atoms with Gasteiger partial charge in [0, 0.05) is 24.6 Å². The number of terminal acetylenes is 1. The minimum absolute atomic E-state index is 0.322. The second-order valence-corrected chi connectivity index (χ2v) is 5.72. The second-order valence-electron chi connectivity index (χ2n) is 5.72. The summed E-state index contributed by atoms with van der Waals surface area (Å²) in [5, 5.41) is 6.85. The monoisotopic (exact) mass is 277 g/mol. The number of nitrogens with zero attached hydrogens (tertiary/aromatic N) is 1. The molecule has 2 aliphatic carbocycles. The Balaban J connectivity index is 2.00. The van der Waals surface area contributed by atoms with Crippen LogP contribution in [0.3, 0.4) is 0 Å². The number of hydrogen-bond acceptors (Lipinski definition) is 2. The fraction of sp³-hybridized carbons (Fsp3) is 0.812. The van der Waals surface area contributed by atoms with Crippen molar-refractivity contribution in [2.24, 2.45) is 10.4 Å². The van der Waals surface area contributed by atoms with Crippen LogP contribution in [0.5, 0.6) is 0 Å². The van der Waals surface area contributed by atoms with Crippen molar-refractivity contribution >= 4 is 5.96 Å². The predicted octanol–water partition coefficient (Wildman–Crippen LogP) is 1.91. The first-order chi connectivity index (χ1) is 9.76. The molecule has 4 nitrogen and oxygen atoms in total. The highest BCUT2D eigenvalue weighted by Gasteiger charge is 2.56. The van der Waals surface area contributed by atoms with Gasteiger partial charge in [-0.25, -0.2) is 4.99 Å². The summed E-state index contributed by atoms with van der Waals surface area (Å²) in [5.74, 6) is 3.41. The van der Waals surface area contributed by atoms with E-state index in [1.165, 1.54) is 25.7 Å². The Morgan fingerprint density at radius 1 is 1.40 bits per heavy atom. The highest BCUT2D eigenvalue weighted by molar-refractivity contribution is 5.80. The summed E-state index contributed by atoms with van der Waals surface area (Å²) >= 11 is 0. The molecule has 0 aromatic carbocycles. The van der Waals surface area contributed by atoms with Crippen molar-refractivity contribution in [3.8, 4) is 12.3 Å². The highest BCUT2D eigenvalue weighted by atomic mass is 16.5. The van der Waals surface area contributed by atoms with Crippen LogP contribution in [-0.2, 0) is 4.74 Å². The first kappa shape index (κ1) is 15.2. The molecule has 4 heteroatoms. The van der Waals surface area contributed by atoms with Crippen molar-refractivity contribution in [3.63, 3.8) is 0 Å². The normalized spacial score (nSPS) is 27.9. The van der Waals surface area contributed by atoms with Crippen molar-refractivity contribution in [2.45, 2.75) is 58.1 Å². The van der Waals surface area contributed by atoms with Crippen molar-refractivity contribution in [1.82, 2.24) is 10.6 Å². The van der Waals surface area contributed by atoms with Crippen molar-refractivity contribution in [1.29, 1.82) is 0 Å². The van der Waals surface area contributed by atoms with Crippen LogP contribution in [0.1, 0.15) is 46.0 Å². The average molecular weight is 277 g/mol. The maximum Gasteiger partial charge on any atom is 0.192 e. The molecule has 0 saturated heterocycles. The Morgan fingerprint density at radius 3 is 2.75 bits per heavy atom. The summed E-state index contributed by atoms with van der Waals surface area (Å²) in [6, 6.07) is 0.470. The SMILES string of the molecule is C#CCN=C(NCC)NC1CC(OCC)C12CCCC2. The molecular formula is C16H27N3O. The minimum atomic E-state index is 0.322. The van der Waals surface area contributed by atoms with E-state index in [9.17, 15) is 0 Å². The van der Waals surface area contributed by atoms with Crippen LogP contribution >= 0.6 is 0 Å². The summed E-state index contributed by atoms with van der Waals surface area (Å²) in [6.07, 6.45) is 12.0. The lowest BCUT2D eigenvalue weighted by atomic mass is 9.60. The number of ether oxygens (including phenoxy) is 1. The van der Waals surface area contributed by atoms with Crippen LogP contribution in [0.15, 0.2) is 4.99 Å². The van der Waals surface area contributed by atoms with Crippen molar-refractivity contribution in [2.75, 3.05) is 19.7 Å². The van der Waals surface area contributed by atoms with E-state index in [-0.39, 0.29) is 0 Å². The second kappa shape index (κ2) is 6.99. The molecule has 0 bridgehead atoms. The summed E-state index contributed by atoms with van der Waals surface area (Å²) < 4.78 is 5.94. The largest absolute Gasteiger partial charge is 0.378 e. The van der Waals surface area contributed by atoms with Gasteiger partial charge in [0.15, 0.2) is 5.96 Å². The van der Waals surface area contributed by atoms with Gasteiger partial charge in [-0.05, 0) is 33.1 Å². The molecule has 20 heavy (non-hydrogen) atoms. The molecule has 2 aliphatic rings. The lowest BCUT2D eigenvalue weighted by Crippen LogP contribution is -2.65. The van der Waals surface area contributed by atoms with Crippen molar-refractivity contribution < 1.29 is 4.74 Å². The van der Waals surface area contributed by atoms with E-state index in [2.05, 4.69) is 35.4 Å². The molecule has 2 fully saturated rings. The Labute approximate surface area is 122 Å². The molecule has 112 valence electrons. The van der Waals surface area contributed by atoms with Crippen LogP contribution in [0.4, 0.5) is 0 Å². The number of rotatable bonds is 5. The van der Waals surface area contributed by atoms with E-state index in [4.69, 9.17) is 11.2 Å². The van der Waals surface area contributed by atoms with E-state index < -0.39 is 0 Å². The molecule has 2 atom stereocenters. The zero-order chi connectivity index (χ0) is 14.4. The topological polar surface area (TPSA) is 45.7 Å². The van der Waals surface area contributed by atoms with Gasteiger partial charge >= 0.3 is 0 Å². The molecule has 0 aliphatic heterocycles. The summed E-state index contributed by atoms with van der Waals surface area (Å²) in [6.45, 7) is 6.24. The van der Waals surface area contributed by atoms with Gasteiger partial charge in [0.25, 0.3) is 0 Å². The Hall–Kier alpha value is -1.21. The van der Waals surface area contributed by atoms with Crippen LogP contribution in [0, 0.1) is 17.8 Å². The number of hydrogen-bond donors (Lipinski definition) is 2. The van der Waals surface area contributed by atoms with E-state index in [1.807, 2.05) is 0 Å². The third-order valence-electron chi connectivity index (χ3n) is 4.67. The molecule has 2 unspecified atom stereocenters. The molecule has 0 aromatic heterocycles. The molecule has 0 heterocycles. The quantitative estimate of drug-likeness (QED) is 0.458. The van der Waals surface area contributed by atoms with Crippen LogP contribution < -0.4 is 10.6 Å². The molecule has 2 rings (SSSR count). The maximum absolute atomic E-state index is 5.94. The lowest BCUT2D eigenvalue weighted by molar-refractivity contribution is -0.125. The molecule has 1 spiro atoms. The fourth-order valence-electron chi connectivity index (χ4n) is 3.70. The zero-order valence-corrected chi connectivity index (χ0v) is 12.7. The number of nitrogens with one attached hydrogen (secondary N) is 2. The van der Waals surface area contributed by atoms with Gasteiger partial charge in [0.1, 0.15) is 6.54 Å². The van der Waals surface area contributed by atoms with Gasteiger partial charge in [-0.3, -0.25) is 0 Å². The predicted molar refractivity (Wildman–Crippen MR) is 82.7 cm³/mol. The highest BCUT2D eigenvalue weighted by Crippen LogP contribution is 2.54. The van der Waals surface area contributed by atoms with Crippen LogP contribution in [0.2, 0.25) is 0 Å². The van der Waals surface area contributed by atoms with E-state index in [0.717, 1.165) is 25.5 Å². The standard InChI is InChI=1S/C16H27N3O/c1-4-11-18-15(17-5-2)19-13-12-14(20-6-3)16(13)9-7-8-10-16/h1,13-14H,5-12H2,2-3H3,(H2,17,18,19). The van der Waals surface area contributed by atoms with E-state index in [0.29, 0.717) is 24.1 Å². The molecule has 2 saturated carbocycles. The van der Waals surface area contributed by atoms with Crippen molar-refractivity contribution in [3.05, 3.63) is 0 Å². The smallest absolute Gasteiger partial charge is 0.192 e. The van der Waals surface area contributed by atoms with Gasteiger partial charge in [-0.2, -0.15) is 0 Å². The number of aliphatic imine (C=N–C) groups is 1. The first-order valence-electron chi connectivity index (χ1n) is 7.86. The Kier molecular flexibility index (Phi) is 5.31. The van der Waals surface area contributed by atoms with Gasteiger partial charge in [0.2, 0.25) is 0 Å². The third kappa shape index (κ3) is 2.93.